The van der Waals surface area contributed by atoms with Crippen LogP contribution in [0.5, 0.6) is 0 Å². The Kier molecular flexibility index (Phi) is 6.04. The van der Waals surface area contributed by atoms with Crippen molar-refractivity contribution in [3.05, 3.63) is 89.7 Å². The molecule has 0 spiro atoms. The van der Waals surface area contributed by atoms with E-state index in [0.717, 1.165) is 12.5 Å². The van der Waals surface area contributed by atoms with Gasteiger partial charge in [0.25, 0.3) is 0 Å². The van der Waals surface area contributed by atoms with Crippen molar-refractivity contribution < 1.29 is 0 Å². The highest BCUT2D eigenvalue weighted by atomic mass is 15.3. The van der Waals surface area contributed by atoms with Gasteiger partial charge in [0.2, 0.25) is 0 Å². The molecule has 0 bridgehead atoms. The predicted molar refractivity (Wildman–Crippen MR) is 106 cm³/mol. The molecule has 0 aliphatic heterocycles. The minimum atomic E-state index is 0.182. The zero-order chi connectivity index (χ0) is 18.2. The molecule has 0 amide bonds. The van der Waals surface area contributed by atoms with Gasteiger partial charge < -0.3 is 10.6 Å². The van der Waals surface area contributed by atoms with Crippen LogP contribution in [0.15, 0.2) is 78.0 Å². The Morgan fingerprint density at radius 1 is 1.04 bits per heavy atom. The van der Waals surface area contributed by atoms with Crippen LogP contribution in [0.2, 0.25) is 0 Å². The Bertz CT molecular complexity index is 825. The molecule has 2 aromatic carbocycles. The lowest BCUT2D eigenvalue weighted by Gasteiger charge is -2.19. The maximum absolute atomic E-state index is 4.35. The van der Waals surface area contributed by atoms with Crippen molar-refractivity contribution >= 4 is 5.96 Å². The van der Waals surface area contributed by atoms with Crippen LogP contribution < -0.4 is 10.6 Å². The maximum atomic E-state index is 4.35. The topological polar surface area (TPSA) is 54.2 Å². The van der Waals surface area contributed by atoms with E-state index in [9.17, 15) is 0 Å². The van der Waals surface area contributed by atoms with Crippen molar-refractivity contribution in [3.63, 3.8) is 0 Å². The average Bonchev–Trinajstić information content (AvgIpc) is 3.20. The van der Waals surface area contributed by atoms with Crippen molar-refractivity contribution in [1.29, 1.82) is 0 Å². The van der Waals surface area contributed by atoms with Gasteiger partial charge in [-0.05, 0) is 29.7 Å². The standard InChI is InChI=1S/C21H25N5/c1-17(18-9-4-3-5-10-18)25-21(22-2)23-15-19-11-6-7-12-20(19)16-26-14-8-13-24-26/h3-14,17H,15-16H2,1-2H3,(H2,22,23,25). The minimum Gasteiger partial charge on any atom is -0.352 e. The summed E-state index contributed by atoms with van der Waals surface area (Å²) >= 11 is 0. The lowest BCUT2D eigenvalue weighted by Crippen LogP contribution is -2.38. The second-order valence-corrected chi connectivity index (χ2v) is 6.17. The fourth-order valence-electron chi connectivity index (χ4n) is 2.86. The minimum absolute atomic E-state index is 0.182. The zero-order valence-corrected chi connectivity index (χ0v) is 15.3. The highest BCUT2D eigenvalue weighted by Gasteiger charge is 2.08. The second kappa shape index (κ2) is 8.85. The Morgan fingerprint density at radius 3 is 2.46 bits per heavy atom. The number of rotatable bonds is 6. The molecule has 3 rings (SSSR count). The van der Waals surface area contributed by atoms with Crippen LogP contribution in [0, 0.1) is 0 Å². The van der Waals surface area contributed by atoms with Crippen LogP contribution in [0.25, 0.3) is 0 Å². The molecule has 26 heavy (non-hydrogen) atoms. The highest BCUT2D eigenvalue weighted by molar-refractivity contribution is 5.80. The molecular formula is C21H25N5. The smallest absolute Gasteiger partial charge is 0.191 e. The third kappa shape index (κ3) is 4.72. The molecule has 0 aliphatic carbocycles. The van der Waals surface area contributed by atoms with E-state index in [2.05, 4.69) is 76.2 Å². The number of nitrogens with zero attached hydrogens (tertiary/aromatic N) is 3. The number of hydrogen-bond donors (Lipinski definition) is 2. The monoisotopic (exact) mass is 347 g/mol. The third-order valence-electron chi connectivity index (χ3n) is 4.33. The van der Waals surface area contributed by atoms with Gasteiger partial charge in [-0.25, -0.2) is 0 Å². The van der Waals surface area contributed by atoms with Gasteiger partial charge in [0.05, 0.1) is 12.6 Å². The van der Waals surface area contributed by atoms with Gasteiger partial charge in [-0.15, -0.1) is 0 Å². The van der Waals surface area contributed by atoms with E-state index in [1.54, 1.807) is 13.2 Å². The van der Waals surface area contributed by atoms with Gasteiger partial charge in [0.15, 0.2) is 5.96 Å². The molecule has 5 nitrogen and oxygen atoms in total. The number of hydrogen-bond acceptors (Lipinski definition) is 2. The van der Waals surface area contributed by atoms with Crippen LogP contribution in [0.1, 0.15) is 29.7 Å². The molecule has 5 heteroatoms. The fourth-order valence-corrected chi connectivity index (χ4v) is 2.86. The van der Waals surface area contributed by atoms with Gasteiger partial charge in [0, 0.05) is 26.0 Å². The quantitative estimate of drug-likeness (QED) is 0.531. The molecular weight excluding hydrogens is 322 g/mol. The summed E-state index contributed by atoms with van der Waals surface area (Å²) in [6.45, 7) is 3.60. The molecule has 0 aliphatic rings. The molecule has 0 fully saturated rings. The molecule has 3 aromatic rings. The summed E-state index contributed by atoms with van der Waals surface area (Å²) in [6, 6.07) is 20.9. The van der Waals surface area contributed by atoms with Gasteiger partial charge in [-0.3, -0.25) is 9.67 Å². The van der Waals surface area contributed by atoms with Gasteiger partial charge in [-0.2, -0.15) is 5.10 Å². The normalized spacial score (nSPS) is 12.6. The summed E-state index contributed by atoms with van der Waals surface area (Å²) < 4.78 is 1.93. The predicted octanol–water partition coefficient (Wildman–Crippen LogP) is 3.36. The second-order valence-electron chi connectivity index (χ2n) is 6.17. The van der Waals surface area contributed by atoms with E-state index >= 15 is 0 Å². The maximum Gasteiger partial charge on any atom is 0.191 e. The van der Waals surface area contributed by atoms with E-state index < -0.39 is 0 Å². The van der Waals surface area contributed by atoms with Crippen LogP contribution in [-0.4, -0.2) is 22.8 Å². The van der Waals surface area contributed by atoms with E-state index in [-0.39, 0.29) is 6.04 Å². The Labute approximate surface area is 154 Å². The number of nitrogens with one attached hydrogen (secondary N) is 2. The van der Waals surface area contributed by atoms with Crippen molar-refractivity contribution in [2.45, 2.75) is 26.1 Å². The van der Waals surface area contributed by atoms with Crippen molar-refractivity contribution in [2.24, 2.45) is 4.99 Å². The summed E-state index contributed by atoms with van der Waals surface area (Å²) in [6.07, 6.45) is 3.78. The van der Waals surface area contributed by atoms with Crippen LogP contribution in [-0.2, 0) is 13.1 Å². The van der Waals surface area contributed by atoms with Crippen LogP contribution >= 0.6 is 0 Å². The third-order valence-corrected chi connectivity index (χ3v) is 4.33. The highest BCUT2D eigenvalue weighted by Crippen LogP contribution is 2.12. The Hall–Kier alpha value is -3.08. The number of aromatic nitrogens is 2. The molecule has 1 heterocycles. The van der Waals surface area contributed by atoms with E-state index in [4.69, 9.17) is 0 Å². The molecule has 134 valence electrons. The van der Waals surface area contributed by atoms with Crippen LogP contribution in [0.3, 0.4) is 0 Å². The summed E-state index contributed by atoms with van der Waals surface area (Å²) in [5.74, 6) is 0.787. The molecule has 0 saturated carbocycles. The first kappa shape index (κ1) is 17.7. The summed E-state index contributed by atoms with van der Waals surface area (Å²) in [7, 11) is 1.79. The molecule has 0 radical (unpaired) electrons. The van der Waals surface area contributed by atoms with Gasteiger partial charge in [-0.1, -0.05) is 54.6 Å². The first-order chi connectivity index (χ1) is 12.8. The number of benzene rings is 2. The summed E-state index contributed by atoms with van der Waals surface area (Å²) in [4.78, 5) is 4.35. The van der Waals surface area contributed by atoms with Crippen molar-refractivity contribution in [2.75, 3.05) is 7.05 Å². The molecule has 1 atom stereocenters. The average molecular weight is 347 g/mol. The van der Waals surface area contributed by atoms with E-state index in [0.29, 0.717) is 6.54 Å². The van der Waals surface area contributed by atoms with Crippen LogP contribution in [0.4, 0.5) is 0 Å². The Morgan fingerprint density at radius 2 is 1.77 bits per heavy atom. The van der Waals surface area contributed by atoms with Crippen molar-refractivity contribution in [3.8, 4) is 0 Å². The Balaban J connectivity index is 1.62. The lowest BCUT2D eigenvalue weighted by atomic mass is 10.1. The number of aliphatic imine (C=N–C) groups is 1. The first-order valence-corrected chi connectivity index (χ1v) is 8.82. The van der Waals surface area contributed by atoms with Crippen molar-refractivity contribution in [1.82, 2.24) is 20.4 Å². The molecule has 1 aromatic heterocycles. The molecule has 2 N–H and O–H groups in total. The van der Waals surface area contributed by atoms with Gasteiger partial charge in [0.1, 0.15) is 0 Å². The van der Waals surface area contributed by atoms with E-state index in [1.807, 2.05) is 23.0 Å². The molecule has 0 saturated heterocycles. The SMILES string of the molecule is CN=C(NCc1ccccc1Cn1cccn1)NC(C)c1ccccc1. The lowest BCUT2D eigenvalue weighted by molar-refractivity contribution is 0.669. The van der Waals surface area contributed by atoms with E-state index in [1.165, 1.54) is 16.7 Å². The summed E-state index contributed by atoms with van der Waals surface area (Å²) in [5, 5.41) is 11.2. The molecule has 1 unspecified atom stereocenters. The largest absolute Gasteiger partial charge is 0.352 e. The number of guanidine groups is 1. The summed E-state index contributed by atoms with van der Waals surface area (Å²) in [5.41, 5.74) is 3.71. The first-order valence-electron chi connectivity index (χ1n) is 8.82. The zero-order valence-electron chi connectivity index (χ0n) is 15.3. The fraction of sp³-hybridized carbons (Fsp3) is 0.238. The van der Waals surface area contributed by atoms with Gasteiger partial charge >= 0.3 is 0 Å².